The van der Waals surface area contributed by atoms with Crippen LogP contribution < -0.4 is 0 Å². The van der Waals surface area contributed by atoms with Gasteiger partial charge < -0.3 is 0 Å². The standard InChI is InChI=1S/C22H21FN2O/c23-19-10-8-16(9-11-19)21(26)14-20-7-3-13-25(20)15-18-5-1-4-17-6-2-12-24-22(17)18/h1-2,4-6,8-12,20H,3,7,13-15H2. The maximum Gasteiger partial charge on any atom is 0.164 e. The van der Waals surface area contributed by atoms with Crippen LogP contribution in [0.15, 0.2) is 60.8 Å². The number of likely N-dealkylation sites (tertiary alicyclic amines) is 1. The van der Waals surface area contributed by atoms with E-state index in [1.165, 1.54) is 17.7 Å². The van der Waals surface area contributed by atoms with Gasteiger partial charge in [-0.2, -0.15) is 0 Å². The second-order valence-corrected chi connectivity index (χ2v) is 6.89. The number of halogens is 1. The van der Waals surface area contributed by atoms with E-state index in [0.29, 0.717) is 12.0 Å². The number of rotatable bonds is 5. The van der Waals surface area contributed by atoms with Gasteiger partial charge in [0.05, 0.1) is 5.52 Å². The van der Waals surface area contributed by atoms with Crippen molar-refractivity contribution < 1.29 is 9.18 Å². The molecule has 0 saturated carbocycles. The van der Waals surface area contributed by atoms with Crippen molar-refractivity contribution in [2.75, 3.05) is 6.54 Å². The van der Waals surface area contributed by atoms with E-state index in [1.807, 2.05) is 12.3 Å². The van der Waals surface area contributed by atoms with Crippen molar-refractivity contribution in [2.24, 2.45) is 0 Å². The summed E-state index contributed by atoms with van der Waals surface area (Å²) in [4.78, 5) is 19.5. The molecule has 26 heavy (non-hydrogen) atoms. The first-order valence-electron chi connectivity index (χ1n) is 9.06. The molecule has 1 unspecified atom stereocenters. The van der Waals surface area contributed by atoms with Crippen LogP contribution in [0.1, 0.15) is 35.2 Å². The van der Waals surface area contributed by atoms with E-state index in [1.54, 1.807) is 12.1 Å². The molecule has 0 radical (unpaired) electrons. The van der Waals surface area contributed by atoms with Crippen LogP contribution >= 0.6 is 0 Å². The summed E-state index contributed by atoms with van der Waals surface area (Å²) in [6.45, 7) is 1.79. The molecule has 4 rings (SSSR count). The van der Waals surface area contributed by atoms with Crippen molar-refractivity contribution in [1.82, 2.24) is 9.88 Å². The van der Waals surface area contributed by atoms with Crippen LogP contribution in [0.5, 0.6) is 0 Å². The number of nitrogens with zero attached hydrogens (tertiary/aromatic N) is 2. The largest absolute Gasteiger partial charge is 0.296 e. The zero-order valence-corrected chi connectivity index (χ0v) is 14.6. The molecule has 3 nitrogen and oxygen atoms in total. The number of aromatic nitrogens is 1. The highest BCUT2D eigenvalue weighted by Crippen LogP contribution is 2.26. The minimum atomic E-state index is -0.313. The maximum atomic E-state index is 13.1. The summed E-state index contributed by atoms with van der Waals surface area (Å²) >= 11 is 0. The van der Waals surface area contributed by atoms with Gasteiger partial charge in [0.1, 0.15) is 5.82 Å². The molecule has 0 N–H and O–H groups in total. The highest BCUT2D eigenvalue weighted by Gasteiger charge is 2.27. The van der Waals surface area contributed by atoms with Crippen molar-refractivity contribution >= 4 is 16.7 Å². The number of fused-ring (bicyclic) bond motifs is 1. The fourth-order valence-corrected chi connectivity index (χ4v) is 3.82. The molecule has 0 aliphatic carbocycles. The van der Waals surface area contributed by atoms with Crippen LogP contribution in [0.25, 0.3) is 10.9 Å². The molecule has 3 aromatic rings. The minimum Gasteiger partial charge on any atom is -0.296 e. The number of benzene rings is 2. The molecule has 1 aliphatic heterocycles. The van der Waals surface area contributed by atoms with Crippen LogP contribution in [-0.4, -0.2) is 28.3 Å². The molecule has 2 heterocycles. The second-order valence-electron chi connectivity index (χ2n) is 6.89. The zero-order chi connectivity index (χ0) is 17.9. The summed E-state index contributed by atoms with van der Waals surface area (Å²) in [7, 11) is 0. The van der Waals surface area contributed by atoms with E-state index >= 15 is 0 Å². The van der Waals surface area contributed by atoms with E-state index in [-0.39, 0.29) is 17.6 Å². The van der Waals surface area contributed by atoms with Gasteiger partial charge in [-0.15, -0.1) is 0 Å². The fraction of sp³-hybridized carbons (Fsp3) is 0.273. The molecule has 4 heteroatoms. The summed E-state index contributed by atoms with van der Waals surface area (Å²) in [5.74, 6) is -0.231. The second kappa shape index (κ2) is 7.34. The average Bonchev–Trinajstić information content (AvgIpc) is 3.09. The predicted octanol–water partition coefficient (Wildman–Crippen LogP) is 4.61. The first kappa shape index (κ1) is 16.9. The Morgan fingerprint density at radius 3 is 2.77 bits per heavy atom. The smallest absolute Gasteiger partial charge is 0.164 e. The fourth-order valence-electron chi connectivity index (χ4n) is 3.82. The Morgan fingerprint density at radius 2 is 1.92 bits per heavy atom. The number of carbonyl (C=O) groups is 1. The normalized spacial score (nSPS) is 17.7. The first-order valence-corrected chi connectivity index (χ1v) is 9.06. The van der Waals surface area contributed by atoms with Crippen LogP contribution in [-0.2, 0) is 6.54 Å². The zero-order valence-electron chi connectivity index (χ0n) is 14.6. The van der Waals surface area contributed by atoms with Gasteiger partial charge in [0.25, 0.3) is 0 Å². The topological polar surface area (TPSA) is 33.2 Å². The Hall–Kier alpha value is -2.59. The monoisotopic (exact) mass is 348 g/mol. The van der Waals surface area contributed by atoms with Crippen LogP contribution in [0.2, 0.25) is 0 Å². The van der Waals surface area contributed by atoms with E-state index in [0.717, 1.165) is 36.8 Å². The Balaban J connectivity index is 1.49. The van der Waals surface area contributed by atoms with Gasteiger partial charge >= 0.3 is 0 Å². The molecule has 1 aliphatic rings. The number of carbonyl (C=O) groups excluding carboxylic acids is 1. The number of pyridine rings is 1. The molecule has 0 amide bonds. The lowest BCUT2D eigenvalue weighted by Crippen LogP contribution is -2.31. The maximum absolute atomic E-state index is 13.1. The van der Waals surface area contributed by atoms with Gasteiger partial charge in [-0.1, -0.05) is 24.3 Å². The number of hydrogen-bond acceptors (Lipinski definition) is 3. The first-order chi connectivity index (χ1) is 12.7. The molecule has 0 bridgehead atoms. The molecular formula is C22H21FN2O. The third-order valence-electron chi connectivity index (χ3n) is 5.18. The summed E-state index contributed by atoms with van der Waals surface area (Å²) in [5, 5.41) is 1.14. The van der Waals surface area contributed by atoms with Crippen molar-refractivity contribution in [1.29, 1.82) is 0 Å². The van der Waals surface area contributed by atoms with Gasteiger partial charge in [-0.3, -0.25) is 14.7 Å². The van der Waals surface area contributed by atoms with Crippen LogP contribution in [0, 0.1) is 5.82 Å². The predicted molar refractivity (Wildman–Crippen MR) is 101 cm³/mol. The lowest BCUT2D eigenvalue weighted by molar-refractivity contribution is 0.0938. The van der Waals surface area contributed by atoms with Crippen molar-refractivity contribution in [3.63, 3.8) is 0 Å². The Morgan fingerprint density at radius 1 is 1.12 bits per heavy atom. The van der Waals surface area contributed by atoms with Crippen molar-refractivity contribution in [3.05, 3.63) is 77.7 Å². The van der Waals surface area contributed by atoms with Crippen molar-refractivity contribution in [2.45, 2.75) is 31.8 Å². The van der Waals surface area contributed by atoms with Gasteiger partial charge in [0.2, 0.25) is 0 Å². The van der Waals surface area contributed by atoms with E-state index in [2.05, 4.69) is 34.1 Å². The Bertz CT molecular complexity index is 918. The molecule has 1 atom stereocenters. The summed E-state index contributed by atoms with van der Waals surface area (Å²) < 4.78 is 13.1. The number of para-hydroxylation sites is 1. The highest BCUT2D eigenvalue weighted by atomic mass is 19.1. The Kier molecular flexibility index (Phi) is 4.76. The van der Waals surface area contributed by atoms with Crippen LogP contribution in [0.4, 0.5) is 4.39 Å². The SMILES string of the molecule is O=C(CC1CCCN1Cc1cccc2cccnc12)c1ccc(F)cc1. The van der Waals surface area contributed by atoms with E-state index in [9.17, 15) is 9.18 Å². The summed E-state index contributed by atoms with van der Waals surface area (Å²) in [6.07, 6.45) is 4.42. The minimum absolute atomic E-state index is 0.0814. The van der Waals surface area contributed by atoms with Crippen molar-refractivity contribution in [3.8, 4) is 0 Å². The molecular weight excluding hydrogens is 327 g/mol. The highest BCUT2D eigenvalue weighted by molar-refractivity contribution is 5.96. The van der Waals surface area contributed by atoms with E-state index in [4.69, 9.17) is 0 Å². The summed E-state index contributed by atoms with van der Waals surface area (Å²) in [6, 6.07) is 16.4. The molecule has 132 valence electrons. The molecule has 1 saturated heterocycles. The van der Waals surface area contributed by atoms with Gasteiger partial charge in [-0.05, 0) is 55.3 Å². The lowest BCUT2D eigenvalue weighted by Gasteiger charge is -2.24. The number of Topliss-reactive ketones (excluding diaryl/α,β-unsaturated/α-hetero) is 1. The third-order valence-corrected chi connectivity index (χ3v) is 5.18. The Labute approximate surface area is 152 Å². The third kappa shape index (κ3) is 3.51. The average molecular weight is 348 g/mol. The quantitative estimate of drug-likeness (QED) is 0.631. The molecule has 0 spiro atoms. The molecule has 2 aromatic carbocycles. The lowest BCUT2D eigenvalue weighted by atomic mass is 10.0. The molecule has 1 fully saturated rings. The summed E-state index contributed by atoms with van der Waals surface area (Å²) in [5.41, 5.74) is 2.82. The van der Waals surface area contributed by atoms with Gasteiger partial charge in [0, 0.05) is 36.2 Å². The molecule has 1 aromatic heterocycles. The van der Waals surface area contributed by atoms with Gasteiger partial charge in [-0.25, -0.2) is 4.39 Å². The van der Waals surface area contributed by atoms with Crippen LogP contribution in [0.3, 0.4) is 0 Å². The van der Waals surface area contributed by atoms with Gasteiger partial charge in [0.15, 0.2) is 5.78 Å². The number of hydrogen-bond donors (Lipinski definition) is 0. The number of ketones is 1. The van der Waals surface area contributed by atoms with E-state index < -0.39 is 0 Å².